The molecule has 3 heterocycles. The Labute approximate surface area is 164 Å². The van der Waals surface area contributed by atoms with Gasteiger partial charge in [-0.25, -0.2) is 0 Å². The first-order chi connectivity index (χ1) is 13.5. The van der Waals surface area contributed by atoms with Crippen LogP contribution in [0.25, 0.3) is 0 Å². The Bertz CT molecular complexity index is 814. The van der Waals surface area contributed by atoms with Gasteiger partial charge in [0.15, 0.2) is 0 Å². The lowest BCUT2D eigenvalue weighted by Crippen LogP contribution is -2.48. The summed E-state index contributed by atoms with van der Waals surface area (Å²) in [6.07, 6.45) is 5.96. The molecule has 2 amide bonds. The third-order valence-corrected chi connectivity index (χ3v) is 6.88. The van der Waals surface area contributed by atoms with E-state index in [-0.39, 0.29) is 35.9 Å². The molecule has 1 aliphatic carbocycles. The van der Waals surface area contributed by atoms with E-state index < -0.39 is 12.0 Å². The van der Waals surface area contributed by atoms with Gasteiger partial charge in [0.1, 0.15) is 0 Å². The molecule has 4 rings (SSSR count). The lowest BCUT2D eigenvalue weighted by Gasteiger charge is -2.37. The van der Waals surface area contributed by atoms with Crippen molar-refractivity contribution in [3.05, 3.63) is 34.2 Å². The zero-order valence-corrected chi connectivity index (χ0v) is 16.3. The summed E-state index contributed by atoms with van der Waals surface area (Å²) in [5, 5.41) is 13.2. The normalized spacial score (nSPS) is 29.4. The van der Waals surface area contributed by atoms with E-state index in [1.165, 1.54) is 32.3 Å². The first-order valence-corrected chi connectivity index (χ1v) is 10.4. The SMILES string of the molecule is CC(=O)N1[C@@H]2Cn3c(cccc3=O)[C@H]1[C@@H](C(=O)NCC1CCCCC1)[C@@H]2CO. The predicted octanol–water partition coefficient (Wildman–Crippen LogP) is 1.05. The number of carbonyl (C=O) groups is 2. The number of pyridine rings is 1. The number of amides is 2. The number of nitrogens with zero attached hydrogens (tertiary/aromatic N) is 2. The summed E-state index contributed by atoms with van der Waals surface area (Å²) in [5.74, 6) is -0.658. The van der Waals surface area contributed by atoms with Gasteiger partial charge in [0.05, 0.1) is 18.0 Å². The number of nitrogens with one attached hydrogen (secondary N) is 1. The topological polar surface area (TPSA) is 91.6 Å². The highest BCUT2D eigenvalue weighted by molar-refractivity contribution is 5.83. The van der Waals surface area contributed by atoms with E-state index in [1.54, 1.807) is 15.5 Å². The van der Waals surface area contributed by atoms with Gasteiger partial charge in [-0.3, -0.25) is 14.4 Å². The summed E-state index contributed by atoms with van der Waals surface area (Å²) in [5.41, 5.74) is 0.559. The quantitative estimate of drug-likeness (QED) is 0.808. The minimum absolute atomic E-state index is 0.117. The molecule has 3 aliphatic rings. The van der Waals surface area contributed by atoms with Gasteiger partial charge in [-0.05, 0) is 24.8 Å². The fourth-order valence-corrected chi connectivity index (χ4v) is 5.54. The van der Waals surface area contributed by atoms with Crippen molar-refractivity contribution in [3.63, 3.8) is 0 Å². The molecule has 2 N–H and O–H groups in total. The zero-order valence-electron chi connectivity index (χ0n) is 16.3. The number of aromatic nitrogens is 1. The maximum absolute atomic E-state index is 13.2. The average Bonchev–Trinajstić information content (AvgIpc) is 2.95. The number of fused-ring (bicyclic) bond motifs is 4. The highest BCUT2D eigenvalue weighted by atomic mass is 16.3. The number of rotatable bonds is 4. The van der Waals surface area contributed by atoms with Crippen LogP contribution in [0.2, 0.25) is 0 Å². The summed E-state index contributed by atoms with van der Waals surface area (Å²) in [6.45, 7) is 2.28. The van der Waals surface area contributed by atoms with Crippen molar-refractivity contribution >= 4 is 11.8 Å². The lowest BCUT2D eigenvalue weighted by atomic mass is 9.85. The largest absolute Gasteiger partial charge is 0.396 e. The minimum Gasteiger partial charge on any atom is -0.396 e. The highest BCUT2D eigenvalue weighted by Gasteiger charge is 2.56. The van der Waals surface area contributed by atoms with Gasteiger partial charge >= 0.3 is 0 Å². The number of hydrogen-bond donors (Lipinski definition) is 2. The number of aliphatic hydroxyl groups excluding tert-OH is 1. The first kappa shape index (κ1) is 19.2. The van der Waals surface area contributed by atoms with Crippen LogP contribution in [0.4, 0.5) is 0 Å². The Hall–Kier alpha value is -2.15. The van der Waals surface area contributed by atoms with Crippen LogP contribution in [-0.2, 0) is 16.1 Å². The Morgan fingerprint density at radius 1 is 1.21 bits per heavy atom. The Balaban J connectivity index is 1.64. The molecule has 0 radical (unpaired) electrons. The van der Waals surface area contributed by atoms with E-state index >= 15 is 0 Å². The van der Waals surface area contributed by atoms with Gasteiger partial charge in [0.2, 0.25) is 11.8 Å². The van der Waals surface area contributed by atoms with Crippen molar-refractivity contribution in [3.8, 4) is 0 Å². The standard InChI is InChI=1S/C21H29N3O4/c1-13(26)24-17-11-23-16(8-5-9-18(23)27)20(24)19(15(17)12-25)21(28)22-10-14-6-3-2-4-7-14/h5,8-9,14-15,17,19-20,25H,2-4,6-7,10-12H2,1H3,(H,22,28)/t15-,17-,19+,20+/m1/s1. The molecule has 152 valence electrons. The summed E-state index contributed by atoms with van der Waals surface area (Å²) >= 11 is 0. The second-order valence-corrected chi connectivity index (χ2v) is 8.46. The molecule has 2 fully saturated rings. The van der Waals surface area contributed by atoms with Crippen LogP contribution in [0.1, 0.15) is 50.8 Å². The molecule has 1 aromatic rings. The van der Waals surface area contributed by atoms with Crippen molar-refractivity contribution < 1.29 is 14.7 Å². The van der Waals surface area contributed by atoms with Crippen molar-refractivity contribution in [2.24, 2.45) is 17.8 Å². The molecule has 2 bridgehead atoms. The van der Waals surface area contributed by atoms with E-state index in [1.807, 2.05) is 6.07 Å². The van der Waals surface area contributed by atoms with Gasteiger partial charge in [-0.1, -0.05) is 25.3 Å². The monoisotopic (exact) mass is 387 g/mol. The molecule has 2 aliphatic heterocycles. The van der Waals surface area contributed by atoms with Gasteiger partial charge in [0, 0.05) is 44.3 Å². The summed E-state index contributed by atoms with van der Waals surface area (Å²) in [4.78, 5) is 39.7. The summed E-state index contributed by atoms with van der Waals surface area (Å²) in [7, 11) is 0. The van der Waals surface area contributed by atoms with Crippen LogP contribution in [0.5, 0.6) is 0 Å². The van der Waals surface area contributed by atoms with E-state index in [0.29, 0.717) is 24.7 Å². The van der Waals surface area contributed by atoms with Crippen molar-refractivity contribution in [1.29, 1.82) is 0 Å². The highest BCUT2D eigenvalue weighted by Crippen LogP contribution is 2.48. The van der Waals surface area contributed by atoms with E-state index in [2.05, 4.69) is 5.32 Å². The van der Waals surface area contributed by atoms with E-state index in [9.17, 15) is 19.5 Å². The maximum atomic E-state index is 13.2. The van der Waals surface area contributed by atoms with Crippen molar-refractivity contribution in [1.82, 2.24) is 14.8 Å². The van der Waals surface area contributed by atoms with Gasteiger partial charge in [-0.2, -0.15) is 0 Å². The van der Waals surface area contributed by atoms with E-state index in [4.69, 9.17) is 0 Å². The summed E-state index contributed by atoms with van der Waals surface area (Å²) < 4.78 is 1.66. The average molecular weight is 387 g/mol. The molecule has 1 saturated heterocycles. The van der Waals surface area contributed by atoms with Crippen LogP contribution < -0.4 is 10.9 Å². The Morgan fingerprint density at radius 2 is 1.96 bits per heavy atom. The van der Waals surface area contributed by atoms with Crippen LogP contribution in [0.15, 0.2) is 23.0 Å². The minimum atomic E-state index is -0.543. The zero-order chi connectivity index (χ0) is 19.8. The number of hydrogen-bond acceptors (Lipinski definition) is 4. The molecule has 0 aromatic carbocycles. The van der Waals surface area contributed by atoms with Crippen molar-refractivity contribution in [2.75, 3.05) is 13.2 Å². The maximum Gasteiger partial charge on any atom is 0.250 e. The van der Waals surface area contributed by atoms with Gasteiger partial charge < -0.3 is 19.9 Å². The molecule has 7 nitrogen and oxygen atoms in total. The van der Waals surface area contributed by atoms with Crippen LogP contribution >= 0.6 is 0 Å². The predicted molar refractivity (Wildman–Crippen MR) is 103 cm³/mol. The summed E-state index contributed by atoms with van der Waals surface area (Å²) in [6, 6.07) is 4.15. The van der Waals surface area contributed by atoms with Crippen LogP contribution in [0.3, 0.4) is 0 Å². The Kier molecular flexibility index (Phi) is 5.27. The molecular formula is C21H29N3O4. The number of aliphatic hydroxyl groups is 1. The molecular weight excluding hydrogens is 358 g/mol. The van der Waals surface area contributed by atoms with Crippen molar-refractivity contribution in [2.45, 2.75) is 57.7 Å². The second-order valence-electron chi connectivity index (χ2n) is 8.46. The molecule has 1 saturated carbocycles. The second kappa shape index (κ2) is 7.70. The smallest absolute Gasteiger partial charge is 0.250 e. The van der Waals surface area contributed by atoms with Crippen LogP contribution in [-0.4, -0.2) is 45.6 Å². The number of carbonyl (C=O) groups excluding carboxylic acids is 2. The third-order valence-electron chi connectivity index (χ3n) is 6.88. The molecule has 0 unspecified atom stereocenters. The Morgan fingerprint density at radius 3 is 2.64 bits per heavy atom. The molecule has 0 spiro atoms. The molecule has 7 heteroatoms. The van der Waals surface area contributed by atoms with E-state index in [0.717, 1.165) is 12.8 Å². The molecule has 1 aromatic heterocycles. The van der Waals surface area contributed by atoms with Gasteiger partial charge in [0.25, 0.3) is 5.56 Å². The fraction of sp³-hybridized carbons (Fsp3) is 0.667. The van der Waals surface area contributed by atoms with Crippen LogP contribution in [0, 0.1) is 17.8 Å². The fourth-order valence-electron chi connectivity index (χ4n) is 5.54. The molecule has 28 heavy (non-hydrogen) atoms. The lowest BCUT2D eigenvalue weighted by molar-refractivity contribution is -0.134. The van der Waals surface area contributed by atoms with Gasteiger partial charge in [-0.15, -0.1) is 0 Å². The first-order valence-electron chi connectivity index (χ1n) is 10.4. The molecule has 4 atom stereocenters. The third kappa shape index (κ3) is 3.15.